The van der Waals surface area contributed by atoms with Crippen molar-refractivity contribution >= 4 is 23.6 Å². The first-order valence-electron chi connectivity index (χ1n) is 7.37. The Morgan fingerprint density at radius 2 is 1.76 bits per heavy atom. The number of carbonyl (C=O) groups is 3. The monoisotopic (exact) mass is 346 g/mol. The molecule has 1 unspecified atom stereocenters. The van der Waals surface area contributed by atoms with Gasteiger partial charge < -0.3 is 18.9 Å². The van der Waals surface area contributed by atoms with Gasteiger partial charge in [0, 0.05) is 11.6 Å². The molecule has 0 aromatic heterocycles. The van der Waals surface area contributed by atoms with Gasteiger partial charge in [0.2, 0.25) is 5.75 Å². The molecule has 0 saturated heterocycles. The number of hydrogen-bond donors (Lipinski definition) is 0. The summed E-state index contributed by atoms with van der Waals surface area (Å²) in [5.41, 5.74) is 0.525. The molecule has 0 amide bonds. The molecule has 1 aliphatic heterocycles. The van der Waals surface area contributed by atoms with Crippen LogP contribution in [0.4, 0.5) is 0 Å². The van der Waals surface area contributed by atoms with E-state index in [1.54, 1.807) is 12.1 Å². The molecule has 0 radical (unpaired) electrons. The molecule has 1 atom stereocenters. The average molecular weight is 346 g/mol. The Morgan fingerprint density at radius 1 is 1.08 bits per heavy atom. The zero-order valence-electron chi connectivity index (χ0n) is 14.3. The van der Waals surface area contributed by atoms with Gasteiger partial charge in [0.05, 0.1) is 21.3 Å². The highest BCUT2D eigenvalue weighted by atomic mass is 16.5. The van der Waals surface area contributed by atoms with Gasteiger partial charge in [0.25, 0.3) is 0 Å². The Morgan fingerprint density at radius 3 is 2.32 bits per heavy atom. The number of hydrogen-bond acceptors (Lipinski definition) is 7. The number of cyclic esters (lactones) is 1. The summed E-state index contributed by atoms with van der Waals surface area (Å²) in [4.78, 5) is 35.9. The van der Waals surface area contributed by atoms with E-state index in [-0.39, 0.29) is 5.76 Å². The minimum Gasteiger partial charge on any atom is -0.493 e. The van der Waals surface area contributed by atoms with E-state index in [0.717, 1.165) is 12.2 Å². The molecule has 7 nitrogen and oxygen atoms in total. The fourth-order valence-electron chi connectivity index (χ4n) is 2.43. The third-order valence-electron chi connectivity index (χ3n) is 3.57. The maximum atomic E-state index is 12.2. The SMILES string of the molecule is COc1ccc(C=CC(=O)C2C(=O)C=C(C)OC2=O)c(OC)c1OC. The lowest BCUT2D eigenvalue weighted by Crippen LogP contribution is -2.34. The lowest BCUT2D eigenvalue weighted by Gasteiger charge is -2.16. The maximum absolute atomic E-state index is 12.2. The lowest BCUT2D eigenvalue weighted by molar-refractivity contribution is -0.151. The lowest BCUT2D eigenvalue weighted by atomic mass is 9.96. The number of ether oxygens (including phenoxy) is 4. The second-order valence-corrected chi connectivity index (χ2v) is 5.17. The van der Waals surface area contributed by atoms with Crippen molar-refractivity contribution in [1.29, 1.82) is 0 Å². The molecule has 0 fully saturated rings. The molecule has 2 rings (SSSR count). The van der Waals surface area contributed by atoms with Gasteiger partial charge >= 0.3 is 5.97 Å². The zero-order chi connectivity index (χ0) is 18.6. The number of carbonyl (C=O) groups excluding carboxylic acids is 3. The van der Waals surface area contributed by atoms with Gasteiger partial charge in [-0.05, 0) is 31.2 Å². The molecular formula is C18H18O7. The summed E-state index contributed by atoms with van der Waals surface area (Å²) in [6, 6.07) is 3.31. The molecule has 132 valence electrons. The minimum atomic E-state index is -1.48. The van der Waals surface area contributed by atoms with Crippen LogP contribution in [0.3, 0.4) is 0 Å². The second-order valence-electron chi connectivity index (χ2n) is 5.17. The van der Waals surface area contributed by atoms with Crippen molar-refractivity contribution in [1.82, 2.24) is 0 Å². The summed E-state index contributed by atoms with van der Waals surface area (Å²) in [6.45, 7) is 1.47. The molecule has 0 aliphatic carbocycles. The molecule has 1 aliphatic rings. The molecular weight excluding hydrogens is 328 g/mol. The van der Waals surface area contributed by atoms with Crippen molar-refractivity contribution in [3.63, 3.8) is 0 Å². The summed E-state index contributed by atoms with van der Waals surface area (Å²) in [7, 11) is 4.41. The Balaban J connectivity index is 2.32. The number of benzene rings is 1. The number of ketones is 2. The van der Waals surface area contributed by atoms with E-state index in [1.807, 2.05) is 0 Å². The van der Waals surface area contributed by atoms with Crippen LogP contribution in [0.2, 0.25) is 0 Å². The van der Waals surface area contributed by atoms with E-state index >= 15 is 0 Å². The first kappa shape index (κ1) is 18.3. The highest BCUT2D eigenvalue weighted by molar-refractivity contribution is 6.25. The smallest absolute Gasteiger partial charge is 0.329 e. The van der Waals surface area contributed by atoms with Crippen LogP contribution in [0.25, 0.3) is 6.08 Å². The third kappa shape index (κ3) is 3.71. The van der Waals surface area contributed by atoms with E-state index in [1.165, 1.54) is 34.3 Å². The summed E-state index contributed by atoms with van der Waals surface area (Å²) in [6.07, 6.45) is 3.71. The van der Waals surface area contributed by atoms with Gasteiger partial charge in [-0.15, -0.1) is 0 Å². The number of rotatable bonds is 6. The number of allylic oxidation sites excluding steroid dienone is 3. The van der Waals surface area contributed by atoms with Crippen molar-refractivity contribution in [3.8, 4) is 17.2 Å². The molecule has 1 aromatic rings. The van der Waals surface area contributed by atoms with E-state index in [9.17, 15) is 14.4 Å². The van der Waals surface area contributed by atoms with Gasteiger partial charge in [0.15, 0.2) is 29.0 Å². The molecule has 1 aromatic carbocycles. The predicted molar refractivity (Wildman–Crippen MR) is 88.5 cm³/mol. The zero-order valence-corrected chi connectivity index (χ0v) is 14.3. The molecule has 25 heavy (non-hydrogen) atoms. The van der Waals surface area contributed by atoms with E-state index < -0.39 is 23.5 Å². The first-order chi connectivity index (χ1) is 11.9. The van der Waals surface area contributed by atoms with Crippen molar-refractivity contribution in [2.24, 2.45) is 5.92 Å². The number of methoxy groups -OCH3 is 3. The van der Waals surface area contributed by atoms with Crippen LogP contribution < -0.4 is 14.2 Å². The Labute approximate surface area is 144 Å². The van der Waals surface area contributed by atoms with Crippen LogP contribution in [0.5, 0.6) is 17.2 Å². The second kappa shape index (κ2) is 7.65. The molecule has 0 saturated carbocycles. The largest absolute Gasteiger partial charge is 0.493 e. The van der Waals surface area contributed by atoms with Crippen LogP contribution in [-0.4, -0.2) is 38.9 Å². The van der Waals surface area contributed by atoms with Crippen LogP contribution in [0.1, 0.15) is 12.5 Å². The Hall–Kier alpha value is -3.09. The summed E-state index contributed by atoms with van der Waals surface area (Å²) in [5, 5.41) is 0. The van der Waals surface area contributed by atoms with E-state index in [2.05, 4.69) is 0 Å². The fraction of sp³-hybridized carbons (Fsp3) is 0.278. The molecule has 0 N–H and O–H groups in total. The van der Waals surface area contributed by atoms with Gasteiger partial charge in [-0.25, -0.2) is 0 Å². The van der Waals surface area contributed by atoms with E-state index in [4.69, 9.17) is 18.9 Å². The Kier molecular flexibility index (Phi) is 5.59. The molecule has 7 heteroatoms. The topological polar surface area (TPSA) is 88.1 Å². The third-order valence-corrected chi connectivity index (χ3v) is 3.57. The Bertz CT molecular complexity index is 774. The molecule has 0 bridgehead atoms. The maximum Gasteiger partial charge on any atom is 0.329 e. The summed E-state index contributed by atoms with van der Waals surface area (Å²) < 4.78 is 20.6. The van der Waals surface area contributed by atoms with Crippen molar-refractivity contribution in [3.05, 3.63) is 35.6 Å². The van der Waals surface area contributed by atoms with Crippen LogP contribution >= 0.6 is 0 Å². The van der Waals surface area contributed by atoms with Crippen LogP contribution in [-0.2, 0) is 19.1 Å². The first-order valence-corrected chi connectivity index (χ1v) is 7.37. The normalized spacial score (nSPS) is 17.1. The fourth-order valence-corrected chi connectivity index (χ4v) is 2.43. The van der Waals surface area contributed by atoms with Gasteiger partial charge in [-0.1, -0.05) is 0 Å². The van der Waals surface area contributed by atoms with Gasteiger partial charge in [-0.3, -0.25) is 14.4 Å². The minimum absolute atomic E-state index is 0.171. The molecule has 1 heterocycles. The van der Waals surface area contributed by atoms with Crippen molar-refractivity contribution in [2.75, 3.05) is 21.3 Å². The van der Waals surface area contributed by atoms with Crippen LogP contribution in [0, 0.1) is 5.92 Å². The van der Waals surface area contributed by atoms with Crippen LogP contribution in [0.15, 0.2) is 30.0 Å². The summed E-state index contributed by atoms with van der Waals surface area (Å²) >= 11 is 0. The van der Waals surface area contributed by atoms with Gasteiger partial charge in [-0.2, -0.15) is 0 Å². The van der Waals surface area contributed by atoms with Gasteiger partial charge in [0.1, 0.15) is 5.76 Å². The quantitative estimate of drug-likeness (QED) is 0.442. The average Bonchev–Trinajstić information content (AvgIpc) is 2.57. The number of esters is 1. The summed E-state index contributed by atoms with van der Waals surface area (Å²) in [5.74, 6) is -2.26. The highest BCUT2D eigenvalue weighted by Crippen LogP contribution is 2.40. The van der Waals surface area contributed by atoms with Crippen molar-refractivity contribution < 1.29 is 33.3 Å². The molecule has 0 spiro atoms. The highest BCUT2D eigenvalue weighted by Gasteiger charge is 2.36. The van der Waals surface area contributed by atoms with Crippen molar-refractivity contribution in [2.45, 2.75) is 6.92 Å². The van der Waals surface area contributed by atoms with E-state index in [0.29, 0.717) is 22.8 Å². The predicted octanol–water partition coefficient (Wildman–Crippen LogP) is 1.94. The standard InChI is InChI=1S/C18H18O7/c1-10-9-13(20)15(18(21)25-10)12(19)7-5-11-6-8-14(22-2)17(24-4)16(11)23-3/h5-9,15H,1-4H3.